The Kier molecular flexibility index (Phi) is 5.59. The monoisotopic (exact) mass is 354 g/mol. The summed E-state index contributed by atoms with van der Waals surface area (Å²) in [6, 6.07) is 4.15. The van der Waals surface area contributed by atoms with Gasteiger partial charge in [0, 0.05) is 16.7 Å². The molecular weight excluding hydrogens is 339 g/mol. The molecule has 2 aromatic rings. The molecule has 0 spiro atoms. The lowest BCUT2D eigenvalue weighted by Gasteiger charge is -2.12. The van der Waals surface area contributed by atoms with E-state index in [-0.39, 0.29) is 11.5 Å². The highest BCUT2D eigenvalue weighted by Crippen LogP contribution is 2.30. The normalized spacial score (nSPS) is 11.0. The lowest BCUT2D eigenvalue weighted by Crippen LogP contribution is -2.10. The number of rotatable bonds is 5. The van der Waals surface area contributed by atoms with Crippen molar-refractivity contribution in [2.45, 2.75) is 37.5 Å². The van der Waals surface area contributed by atoms with Crippen LogP contribution in [0.2, 0.25) is 5.02 Å². The van der Waals surface area contributed by atoms with E-state index in [9.17, 15) is 14.3 Å². The Hall–Kier alpha value is -1.66. The predicted molar refractivity (Wildman–Crippen MR) is 88.8 cm³/mol. The Labute approximate surface area is 143 Å². The molecule has 1 heterocycles. The lowest BCUT2D eigenvalue weighted by atomic mass is 10.2. The van der Waals surface area contributed by atoms with Crippen molar-refractivity contribution in [2.75, 3.05) is 0 Å². The fourth-order valence-electron chi connectivity index (χ4n) is 1.96. The molecule has 2 rings (SSSR count). The van der Waals surface area contributed by atoms with Crippen LogP contribution in [0.15, 0.2) is 23.2 Å². The summed E-state index contributed by atoms with van der Waals surface area (Å²) in [6.07, 6.45) is 0. The number of nitrogens with zero attached hydrogens (tertiary/aromatic N) is 2. The maximum atomic E-state index is 13.1. The number of carboxylic acid groups (broad SMARTS) is 1. The van der Waals surface area contributed by atoms with Gasteiger partial charge in [-0.25, -0.2) is 19.2 Å². The largest absolute Gasteiger partial charge is 0.478 e. The Morgan fingerprint density at radius 1 is 1.39 bits per heavy atom. The Bertz CT molecular complexity index is 753. The maximum absolute atomic E-state index is 13.1. The van der Waals surface area contributed by atoms with Crippen molar-refractivity contribution in [3.05, 3.63) is 51.7 Å². The summed E-state index contributed by atoms with van der Waals surface area (Å²) in [5, 5.41) is 10.1. The van der Waals surface area contributed by atoms with Crippen LogP contribution in [-0.4, -0.2) is 21.0 Å². The smallest absolute Gasteiger partial charge is 0.340 e. The summed E-state index contributed by atoms with van der Waals surface area (Å²) in [7, 11) is 0. The molecule has 0 fully saturated rings. The number of carbonyl (C=O) groups is 1. The quantitative estimate of drug-likeness (QED) is 0.623. The van der Waals surface area contributed by atoms with E-state index < -0.39 is 11.8 Å². The molecule has 1 aromatic carbocycles. The van der Waals surface area contributed by atoms with Gasteiger partial charge in [-0.15, -0.1) is 11.8 Å². The Balaban J connectivity index is 2.35. The van der Waals surface area contributed by atoms with Crippen molar-refractivity contribution >= 4 is 29.3 Å². The number of hydrogen-bond donors (Lipinski definition) is 1. The molecule has 0 aliphatic carbocycles. The number of benzene rings is 1. The highest BCUT2D eigenvalue weighted by Gasteiger charge is 2.19. The summed E-state index contributed by atoms with van der Waals surface area (Å²) >= 11 is 7.26. The Morgan fingerprint density at radius 2 is 2.09 bits per heavy atom. The topological polar surface area (TPSA) is 63.1 Å². The van der Waals surface area contributed by atoms with E-state index in [4.69, 9.17) is 11.6 Å². The van der Waals surface area contributed by atoms with Gasteiger partial charge in [0.05, 0.1) is 5.69 Å². The van der Waals surface area contributed by atoms with Crippen molar-refractivity contribution < 1.29 is 14.3 Å². The average molecular weight is 355 g/mol. The zero-order valence-electron chi connectivity index (χ0n) is 12.9. The van der Waals surface area contributed by atoms with Crippen molar-refractivity contribution in [3.63, 3.8) is 0 Å². The van der Waals surface area contributed by atoms with Crippen LogP contribution in [0.3, 0.4) is 0 Å². The molecule has 0 aliphatic rings. The minimum absolute atomic E-state index is 0.0882. The molecule has 0 atom stereocenters. The van der Waals surface area contributed by atoms with Crippen molar-refractivity contribution in [3.8, 4) is 0 Å². The summed E-state index contributed by atoms with van der Waals surface area (Å²) in [4.78, 5) is 20.1. The molecule has 0 saturated heterocycles. The zero-order valence-corrected chi connectivity index (χ0v) is 14.5. The van der Waals surface area contributed by atoms with E-state index in [2.05, 4.69) is 9.97 Å². The van der Waals surface area contributed by atoms with E-state index in [0.717, 1.165) is 5.56 Å². The number of thioether (sulfide) groups is 1. The second-order valence-corrected chi connectivity index (χ2v) is 6.70. The molecule has 7 heteroatoms. The highest BCUT2D eigenvalue weighted by molar-refractivity contribution is 7.98. The number of aromatic carboxylic acids is 1. The van der Waals surface area contributed by atoms with Crippen LogP contribution in [0, 0.1) is 12.7 Å². The van der Waals surface area contributed by atoms with E-state index >= 15 is 0 Å². The molecule has 0 unspecified atom stereocenters. The second-order valence-electron chi connectivity index (χ2n) is 5.33. The maximum Gasteiger partial charge on any atom is 0.340 e. The van der Waals surface area contributed by atoms with Crippen LogP contribution >= 0.6 is 23.4 Å². The van der Waals surface area contributed by atoms with Crippen molar-refractivity contribution in [2.24, 2.45) is 0 Å². The lowest BCUT2D eigenvalue weighted by molar-refractivity contribution is 0.0690. The van der Waals surface area contributed by atoms with Crippen molar-refractivity contribution in [1.82, 2.24) is 9.97 Å². The first-order valence-corrected chi connectivity index (χ1v) is 8.34. The number of aryl methyl sites for hydroxylation is 1. The number of aromatic nitrogens is 2. The molecule has 122 valence electrons. The van der Waals surface area contributed by atoms with Gasteiger partial charge in [-0.3, -0.25) is 0 Å². The van der Waals surface area contributed by atoms with Gasteiger partial charge < -0.3 is 5.11 Å². The fraction of sp³-hybridized carbons (Fsp3) is 0.312. The number of halogens is 2. The van der Waals surface area contributed by atoms with E-state index in [1.54, 1.807) is 13.0 Å². The molecule has 1 aromatic heterocycles. The number of hydrogen-bond acceptors (Lipinski definition) is 4. The zero-order chi connectivity index (χ0) is 17.1. The SMILES string of the molecule is Cc1nc(C(C)C)nc(SCc2ccc(F)cc2Cl)c1C(=O)O. The van der Waals surface area contributed by atoms with Gasteiger partial charge in [0.2, 0.25) is 0 Å². The van der Waals surface area contributed by atoms with Gasteiger partial charge in [-0.05, 0) is 24.6 Å². The molecule has 0 radical (unpaired) electrons. The molecule has 4 nitrogen and oxygen atoms in total. The van der Waals surface area contributed by atoms with Gasteiger partial charge in [0.25, 0.3) is 0 Å². The van der Waals surface area contributed by atoms with Crippen LogP contribution in [-0.2, 0) is 5.75 Å². The highest BCUT2D eigenvalue weighted by atomic mass is 35.5. The standard InChI is InChI=1S/C16H16ClFN2O2S/c1-8(2)14-19-9(3)13(16(21)22)15(20-14)23-7-10-4-5-11(18)6-12(10)17/h4-6,8H,7H2,1-3H3,(H,21,22). The third kappa shape index (κ3) is 4.20. The van der Waals surface area contributed by atoms with E-state index in [0.29, 0.717) is 27.3 Å². The van der Waals surface area contributed by atoms with E-state index in [1.807, 2.05) is 13.8 Å². The molecule has 0 bridgehead atoms. The first-order valence-electron chi connectivity index (χ1n) is 6.98. The van der Waals surface area contributed by atoms with Crippen LogP contribution in [0.25, 0.3) is 0 Å². The van der Waals surface area contributed by atoms with Crippen LogP contribution in [0.5, 0.6) is 0 Å². The number of carboxylic acids is 1. The van der Waals surface area contributed by atoms with Crippen LogP contribution < -0.4 is 0 Å². The third-order valence-electron chi connectivity index (χ3n) is 3.18. The van der Waals surface area contributed by atoms with Gasteiger partial charge >= 0.3 is 5.97 Å². The molecule has 0 aliphatic heterocycles. The minimum atomic E-state index is -1.06. The van der Waals surface area contributed by atoms with Gasteiger partial charge in [-0.1, -0.05) is 31.5 Å². The van der Waals surface area contributed by atoms with Crippen molar-refractivity contribution in [1.29, 1.82) is 0 Å². The molecule has 1 N–H and O–H groups in total. The minimum Gasteiger partial charge on any atom is -0.478 e. The fourth-order valence-corrected chi connectivity index (χ4v) is 3.36. The molecule has 0 amide bonds. The average Bonchev–Trinajstić information content (AvgIpc) is 2.45. The molecule has 23 heavy (non-hydrogen) atoms. The van der Waals surface area contributed by atoms with Gasteiger partial charge in [0.1, 0.15) is 22.2 Å². The summed E-state index contributed by atoms with van der Waals surface area (Å²) in [5.41, 5.74) is 1.25. The van der Waals surface area contributed by atoms with Gasteiger partial charge in [0.15, 0.2) is 0 Å². The third-order valence-corrected chi connectivity index (χ3v) is 4.56. The van der Waals surface area contributed by atoms with Crippen LogP contribution in [0.1, 0.15) is 47.2 Å². The summed E-state index contributed by atoms with van der Waals surface area (Å²) in [5.74, 6) is -0.390. The molecule has 0 saturated carbocycles. The van der Waals surface area contributed by atoms with E-state index in [1.165, 1.54) is 23.9 Å². The second kappa shape index (κ2) is 7.27. The first kappa shape index (κ1) is 17.7. The molecular formula is C16H16ClFN2O2S. The summed E-state index contributed by atoms with van der Waals surface area (Å²) < 4.78 is 13.1. The predicted octanol–water partition coefficient (Wildman–Crippen LogP) is 4.69. The Morgan fingerprint density at radius 3 is 2.65 bits per heavy atom. The van der Waals surface area contributed by atoms with Crippen LogP contribution in [0.4, 0.5) is 4.39 Å². The summed E-state index contributed by atoms with van der Waals surface area (Å²) in [6.45, 7) is 5.55. The van der Waals surface area contributed by atoms with Gasteiger partial charge in [-0.2, -0.15) is 0 Å². The first-order chi connectivity index (χ1) is 10.8.